The lowest BCUT2D eigenvalue weighted by atomic mass is 10.1. The number of rotatable bonds is 15. The summed E-state index contributed by atoms with van der Waals surface area (Å²) in [5, 5.41) is 4.39. The SMILES string of the molecule is CCCCCc1ccc(P(c2ccc(CCCCC)cc2)c2ccc(CCCCC)cc2)cc1. The molecule has 0 atom stereocenters. The summed E-state index contributed by atoms with van der Waals surface area (Å²) in [6.45, 7) is 6.83. The Morgan fingerprint density at radius 3 is 0.882 bits per heavy atom. The first kappa shape index (κ1) is 26.7. The van der Waals surface area contributed by atoms with Crippen LogP contribution in [0.15, 0.2) is 72.8 Å². The Hall–Kier alpha value is -1.91. The van der Waals surface area contributed by atoms with Crippen LogP contribution in [-0.2, 0) is 19.3 Å². The largest absolute Gasteiger partial charge is 0.0654 e. The molecule has 34 heavy (non-hydrogen) atoms. The molecule has 0 heterocycles. The van der Waals surface area contributed by atoms with Crippen LogP contribution in [0.1, 0.15) is 95.2 Å². The maximum absolute atomic E-state index is 2.40. The van der Waals surface area contributed by atoms with Gasteiger partial charge in [-0.2, -0.15) is 0 Å². The second-order valence-electron chi connectivity index (χ2n) is 9.71. The third-order valence-corrected chi connectivity index (χ3v) is 9.23. The molecule has 0 aliphatic heterocycles. The maximum atomic E-state index is 2.40. The molecule has 0 saturated heterocycles. The van der Waals surface area contributed by atoms with Gasteiger partial charge in [-0.25, -0.2) is 0 Å². The van der Waals surface area contributed by atoms with Crippen molar-refractivity contribution in [2.75, 3.05) is 0 Å². The van der Waals surface area contributed by atoms with E-state index in [-0.39, 0.29) is 0 Å². The smallest absolute Gasteiger partial charge is 0.0134 e. The molecule has 1 heteroatoms. The van der Waals surface area contributed by atoms with Crippen LogP contribution in [0.3, 0.4) is 0 Å². The second kappa shape index (κ2) is 15.2. The topological polar surface area (TPSA) is 0 Å². The molecule has 0 aromatic heterocycles. The van der Waals surface area contributed by atoms with Gasteiger partial charge in [0.05, 0.1) is 0 Å². The van der Waals surface area contributed by atoms with Crippen LogP contribution in [0.25, 0.3) is 0 Å². The third-order valence-electron chi connectivity index (χ3n) is 6.79. The summed E-state index contributed by atoms with van der Waals surface area (Å²) in [7, 11) is -0.531. The Morgan fingerprint density at radius 1 is 0.382 bits per heavy atom. The fourth-order valence-corrected chi connectivity index (χ4v) is 6.86. The highest BCUT2D eigenvalue weighted by Gasteiger charge is 2.17. The van der Waals surface area contributed by atoms with Crippen molar-refractivity contribution in [3.63, 3.8) is 0 Å². The molecule has 3 aromatic rings. The van der Waals surface area contributed by atoms with Crippen molar-refractivity contribution in [2.45, 2.75) is 97.8 Å². The van der Waals surface area contributed by atoms with Gasteiger partial charge in [0.2, 0.25) is 0 Å². The van der Waals surface area contributed by atoms with E-state index in [2.05, 4.69) is 93.6 Å². The van der Waals surface area contributed by atoms with Crippen LogP contribution in [0.2, 0.25) is 0 Å². The molecule has 0 radical (unpaired) electrons. The van der Waals surface area contributed by atoms with Crippen molar-refractivity contribution < 1.29 is 0 Å². The normalized spacial score (nSPS) is 11.3. The van der Waals surface area contributed by atoms with Gasteiger partial charge in [-0.1, -0.05) is 132 Å². The van der Waals surface area contributed by atoms with Crippen molar-refractivity contribution in [3.05, 3.63) is 89.5 Å². The summed E-state index contributed by atoms with van der Waals surface area (Å²) >= 11 is 0. The van der Waals surface area contributed by atoms with Crippen LogP contribution in [0, 0.1) is 0 Å². The predicted molar refractivity (Wildman–Crippen MR) is 155 cm³/mol. The molecule has 0 aliphatic rings. The van der Waals surface area contributed by atoms with Gasteiger partial charge in [0.15, 0.2) is 0 Å². The van der Waals surface area contributed by atoms with Crippen LogP contribution in [0.5, 0.6) is 0 Å². The first-order valence-electron chi connectivity index (χ1n) is 13.8. The Balaban J connectivity index is 1.83. The zero-order valence-electron chi connectivity index (χ0n) is 21.9. The molecule has 0 spiro atoms. The van der Waals surface area contributed by atoms with Crippen LogP contribution in [-0.4, -0.2) is 0 Å². The molecule has 0 amide bonds. The van der Waals surface area contributed by atoms with Gasteiger partial charge < -0.3 is 0 Å². The van der Waals surface area contributed by atoms with E-state index in [4.69, 9.17) is 0 Å². The monoisotopic (exact) mass is 472 g/mol. The molecule has 0 bridgehead atoms. The number of hydrogen-bond acceptors (Lipinski definition) is 0. The minimum atomic E-state index is -0.531. The van der Waals surface area contributed by atoms with Gasteiger partial charge in [0.1, 0.15) is 0 Å². The Bertz CT molecular complexity index is 795. The number of hydrogen-bond donors (Lipinski definition) is 0. The molecule has 3 aromatic carbocycles. The molecular weight excluding hydrogens is 427 g/mol. The van der Waals surface area contributed by atoms with E-state index >= 15 is 0 Å². The Kier molecular flexibility index (Phi) is 11.9. The van der Waals surface area contributed by atoms with Gasteiger partial charge in [-0.15, -0.1) is 0 Å². The zero-order valence-corrected chi connectivity index (χ0v) is 22.8. The van der Waals surface area contributed by atoms with E-state index < -0.39 is 7.92 Å². The first-order chi connectivity index (χ1) is 16.7. The fourth-order valence-electron chi connectivity index (χ4n) is 4.62. The summed E-state index contributed by atoms with van der Waals surface area (Å²) in [6, 6.07) is 28.6. The summed E-state index contributed by atoms with van der Waals surface area (Å²) in [5.41, 5.74) is 4.43. The highest BCUT2D eigenvalue weighted by molar-refractivity contribution is 7.79. The van der Waals surface area contributed by atoms with E-state index in [0.717, 1.165) is 0 Å². The fraction of sp³-hybridized carbons (Fsp3) is 0.455. The standard InChI is InChI=1S/C33H45P/c1-4-7-10-13-28-16-22-31(23-17-28)34(32-24-18-29(19-25-32)14-11-8-5-2)33-26-20-30(21-27-33)15-12-9-6-3/h16-27H,4-15H2,1-3H3. The quantitative estimate of drug-likeness (QED) is 0.153. The van der Waals surface area contributed by atoms with Crippen LogP contribution >= 0.6 is 7.92 Å². The number of unbranched alkanes of at least 4 members (excludes halogenated alkanes) is 6. The number of aryl methyl sites for hydroxylation is 3. The molecule has 0 unspecified atom stereocenters. The Labute approximate surface area is 211 Å². The van der Waals surface area contributed by atoms with E-state index in [0.29, 0.717) is 0 Å². The molecule has 0 fully saturated rings. The minimum Gasteiger partial charge on any atom is -0.0654 e. The molecular formula is C33H45P. The van der Waals surface area contributed by atoms with Crippen molar-refractivity contribution in [1.82, 2.24) is 0 Å². The van der Waals surface area contributed by atoms with Crippen molar-refractivity contribution in [1.29, 1.82) is 0 Å². The van der Waals surface area contributed by atoms with Gasteiger partial charge in [-0.05, 0) is 79.1 Å². The second-order valence-corrected chi connectivity index (χ2v) is 11.9. The van der Waals surface area contributed by atoms with Gasteiger partial charge >= 0.3 is 0 Å². The average Bonchev–Trinajstić information content (AvgIpc) is 2.87. The van der Waals surface area contributed by atoms with Crippen molar-refractivity contribution in [3.8, 4) is 0 Å². The molecule has 0 aliphatic carbocycles. The lowest BCUT2D eigenvalue weighted by Gasteiger charge is -2.20. The summed E-state index contributed by atoms with van der Waals surface area (Å²) in [5.74, 6) is 0. The van der Waals surface area contributed by atoms with Crippen molar-refractivity contribution in [2.24, 2.45) is 0 Å². The van der Waals surface area contributed by atoms with Gasteiger partial charge in [0, 0.05) is 0 Å². The lowest BCUT2D eigenvalue weighted by Crippen LogP contribution is -2.21. The predicted octanol–water partition coefficient (Wildman–Crippen LogP) is 8.64. The average molecular weight is 473 g/mol. The van der Waals surface area contributed by atoms with Gasteiger partial charge in [0.25, 0.3) is 0 Å². The summed E-state index contributed by atoms with van der Waals surface area (Å²) < 4.78 is 0. The minimum absolute atomic E-state index is 0.531. The number of benzene rings is 3. The highest BCUT2D eigenvalue weighted by atomic mass is 31.1. The van der Waals surface area contributed by atoms with Gasteiger partial charge in [-0.3, -0.25) is 0 Å². The summed E-state index contributed by atoms with van der Waals surface area (Å²) in [4.78, 5) is 0. The highest BCUT2D eigenvalue weighted by Crippen LogP contribution is 2.33. The Morgan fingerprint density at radius 2 is 0.647 bits per heavy atom. The molecule has 0 N–H and O–H groups in total. The van der Waals surface area contributed by atoms with Crippen molar-refractivity contribution >= 4 is 23.8 Å². The van der Waals surface area contributed by atoms with Crippen LogP contribution < -0.4 is 15.9 Å². The molecule has 182 valence electrons. The van der Waals surface area contributed by atoms with E-state index in [1.54, 1.807) is 0 Å². The summed E-state index contributed by atoms with van der Waals surface area (Å²) in [6.07, 6.45) is 15.3. The maximum Gasteiger partial charge on any atom is -0.0134 e. The molecule has 0 saturated carbocycles. The van der Waals surface area contributed by atoms with E-state index in [9.17, 15) is 0 Å². The molecule has 0 nitrogen and oxygen atoms in total. The lowest BCUT2D eigenvalue weighted by molar-refractivity contribution is 0.717. The molecule has 3 rings (SSSR count). The van der Waals surface area contributed by atoms with E-state index in [1.807, 2.05) is 0 Å². The third kappa shape index (κ3) is 8.39. The van der Waals surface area contributed by atoms with Crippen LogP contribution in [0.4, 0.5) is 0 Å². The zero-order chi connectivity index (χ0) is 24.0. The van der Waals surface area contributed by atoms with E-state index in [1.165, 1.54) is 110 Å². The first-order valence-corrected chi connectivity index (χ1v) is 15.2.